The van der Waals surface area contributed by atoms with Crippen LogP contribution in [-0.2, 0) is 9.53 Å². The number of amides is 1. The molecule has 3 rings (SSSR count). The van der Waals surface area contributed by atoms with Gasteiger partial charge in [0.05, 0.1) is 11.6 Å². The maximum Gasteiger partial charge on any atom is 0.341 e. The SMILES string of the molecule is CCOC(=O)c1c(-c2ccc(C)c(C)c2)csc1NC(=O)COc1ccccc1Cl. The number of carbonyl (C=O) groups is 2. The standard InChI is InChI=1S/C23H22ClNO4S/c1-4-28-23(27)21-17(16-10-9-14(2)15(3)11-16)13-30-22(21)25-20(26)12-29-19-8-6-5-7-18(19)24/h5-11,13H,4,12H2,1-3H3,(H,25,26). The van der Waals surface area contributed by atoms with Crippen molar-refractivity contribution in [1.29, 1.82) is 0 Å². The molecule has 0 aliphatic carbocycles. The Hall–Kier alpha value is -2.83. The van der Waals surface area contributed by atoms with Gasteiger partial charge in [-0.25, -0.2) is 4.79 Å². The largest absolute Gasteiger partial charge is 0.482 e. The number of rotatable bonds is 7. The first-order chi connectivity index (χ1) is 14.4. The van der Waals surface area contributed by atoms with Crippen LogP contribution in [0.1, 0.15) is 28.4 Å². The number of hydrogen-bond donors (Lipinski definition) is 1. The molecule has 0 spiro atoms. The number of nitrogens with one attached hydrogen (secondary N) is 1. The van der Waals surface area contributed by atoms with Gasteiger partial charge in [0, 0.05) is 10.9 Å². The Bertz CT molecular complexity index is 1080. The molecule has 1 amide bonds. The first-order valence-corrected chi connectivity index (χ1v) is 10.7. The van der Waals surface area contributed by atoms with Gasteiger partial charge in [-0.1, -0.05) is 41.9 Å². The lowest BCUT2D eigenvalue weighted by Gasteiger charge is -2.11. The van der Waals surface area contributed by atoms with Gasteiger partial charge in [0.15, 0.2) is 6.61 Å². The molecule has 0 atom stereocenters. The molecule has 0 saturated heterocycles. The lowest BCUT2D eigenvalue weighted by molar-refractivity contribution is -0.118. The van der Waals surface area contributed by atoms with E-state index in [2.05, 4.69) is 5.32 Å². The topological polar surface area (TPSA) is 64.6 Å². The van der Waals surface area contributed by atoms with Gasteiger partial charge in [0.1, 0.15) is 16.3 Å². The summed E-state index contributed by atoms with van der Waals surface area (Å²) in [6.45, 7) is 5.80. The predicted molar refractivity (Wildman–Crippen MR) is 121 cm³/mol. The molecule has 7 heteroatoms. The van der Waals surface area contributed by atoms with E-state index in [1.54, 1.807) is 31.2 Å². The van der Waals surface area contributed by atoms with Gasteiger partial charge in [-0.05, 0) is 49.6 Å². The number of halogens is 1. The van der Waals surface area contributed by atoms with E-state index in [-0.39, 0.29) is 13.2 Å². The number of carbonyl (C=O) groups excluding carboxylic acids is 2. The van der Waals surface area contributed by atoms with Crippen LogP contribution in [0.25, 0.3) is 11.1 Å². The zero-order valence-corrected chi connectivity index (χ0v) is 18.5. The van der Waals surface area contributed by atoms with E-state index in [4.69, 9.17) is 21.1 Å². The summed E-state index contributed by atoms with van der Waals surface area (Å²) in [5.41, 5.74) is 4.24. The Morgan fingerprint density at radius 2 is 1.87 bits per heavy atom. The maximum absolute atomic E-state index is 12.7. The van der Waals surface area contributed by atoms with Crippen molar-refractivity contribution in [3.05, 3.63) is 69.6 Å². The molecule has 1 aromatic heterocycles. The van der Waals surface area contributed by atoms with E-state index in [0.29, 0.717) is 21.3 Å². The highest BCUT2D eigenvalue weighted by Gasteiger charge is 2.23. The molecule has 30 heavy (non-hydrogen) atoms. The third-order valence-electron chi connectivity index (χ3n) is 4.54. The minimum absolute atomic E-state index is 0.233. The van der Waals surface area contributed by atoms with Crippen molar-refractivity contribution in [2.24, 2.45) is 0 Å². The van der Waals surface area contributed by atoms with E-state index >= 15 is 0 Å². The van der Waals surface area contributed by atoms with Crippen LogP contribution in [0.15, 0.2) is 47.8 Å². The highest BCUT2D eigenvalue weighted by molar-refractivity contribution is 7.15. The molecule has 0 fully saturated rings. The quantitative estimate of drug-likeness (QED) is 0.463. The van der Waals surface area contributed by atoms with Crippen LogP contribution >= 0.6 is 22.9 Å². The monoisotopic (exact) mass is 443 g/mol. The van der Waals surface area contributed by atoms with Crippen LogP contribution in [0.5, 0.6) is 5.75 Å². The number of ether oxygens (including phenoxy) is 2. The first kappa shape index (κ1) is 21.9. The van der Waals surface area contributed by atoms with E-state index in [1.165, 1.54) is 11.3 Å². The van der Waals surface area contributed by atoms with E-state index in [0.717, 1.165) is 22.3 Å². The molecule has 0 unspecified atom stereocenters. The normalized spacial score (nSPS) is 10.5. The fraction of sp³-hybridized carbons (Fsp3) is 0.217. The molecule has 0 bridgehead atoms. The molecule has 0 radical (unpaired) electrons. The van der Waals surface area contributed by atoms with Gasteiger partial charge >= 0.3 is 5.97 Å². The second-order valence-corrected chi connectivity index (χ2v) is 7.93. The van der Waals surface area contributed by atoms with Gasteiger partial charge in [-0.3, -0.25) is 4.79 Å². The number of esters is 1. The van der Waals surface area contributed by atoms with E-state index in [9.17, 15) is 9.59 Å². The lowest BCUT2D eigenvalue weighted by Crippen LogP contribution is -2.21. The van der Waals surface area contributed by atoms with Crippen molar-refractivity contribution in [2.75, 3.05) is 18.5 Å². The molecule has 3 aromatic rings. The van der Waals surface area contributed by atoms with Gasteiger partial charge < -0.3 is 14.8 Å². The molecular formula is C23H22ClNO4S. The fourth-order valence-corrected chi connectivity index (χ4v) is 4.01. The van der Waals surface area contributed by atoms with Crippen LogP contribution in [0, 0.1) is 13.8 Å². The van der Waals surface area contributed by atoms with Crippen LogP contribution in [0.3, 0.4) is 0 Å². The van der Waals surface area contributed by atoms with Gasteiger partial charge in [-0.15, -0.1) is 11.3 Å². The van der Waals surface area contributed by atoms with Crippen molar-refractivity contribution >= 4 is 39.8 Å². The molecule has 156 valence electrons. The van der Waals surface area contributed by atoms with E-state index in [1.807, 2.05) is 37.4 Å². The van der Waals surface area contributed by atoms with Crippen LogP contribution < -0.4 is 10.1 Å². The van der Waals surface area contributed by atoms with Crippen molar-refractivity contribution in [2.45, 2.75) is 20.8 Å². The summed E-state index contributed by atoms with van der Waals surface area (Å²) >= 11 is 7.32. The number of para-hydroxylation sites is 1. The lowest BCUT2D eigenvalue weighted by atomic mass is 9.99. The highest BCUT2D eigenvalue weighted by Crippen LogP contribution is 2.37. The molecule has 1 heterocycles. The summed E-state index contributed by atoms with van der Waals surface area (Å²) in [5.74, 6) is -0.454. The molecule has 2 aromatic carbocycles. The van der Waals surface area contributed by atoms with Crippen LogP contribution in [0.4, 0.5) is 5.00 Å². The number of aryl methyl sites for hydroxylation is 2. The Balaban J connectivity index is 1.84. The summed E-state index contributed by atoms with van der Waals surface area (Å²) in [7, 11) is 0. The van der Waals surface area contributed by atoms with Crippen LogP contribution in [-0.4, -0.2) is 25.1 Å². The Morgan fingerprint density at radius 3 is 2.57 bits per heavy atom. The predicted octanol–water partition coefficient (Wildman–Crippen LogP) is 5.88. The van der Waals surface area contributed by atoms with Gasteiger partial charge in [-0.2, -0.15) is 0 Å². The molecule has 0 aliphatic heterocycles. The third-order valence-corrected chi connectivity index (χ3v) is 5.74. The second kappa shape index (κ2) is 9.78. The van der Waals surface area contributed by atoms with Gasteiger partial charge in [0.2, 0.25) is 0 Å². The van der Waals surface area contributed by atoms with Crippen molar-refractivity contribution in [3.63, 3.8) is 0 Å². The second-order valence-electron chi connectivity index (χ2n) is 6.64. The summed E-state index contributed by atoms with van der Waals surface area (Å²) in [5, 5.41) is 5.46. The molecular weight excluding hydrogens is 422 g/mol. The third kappa shape index (κ3) is 5.01. The summed E-state index contributed by atoms with van der Waals surface area (Å²) in [4.78, 5) is 25.1. The van der Waals surface area contributed by atoms with E-state index < -0.39 is 11.9 Å². The number of anilines is 1. The van der Waals surface area contributed by atoms with Crippen LogP contribution in [0.2, 0.25) is 5.02 Å². The zero-order chi connectivity index (χ0) is 21.7. The molecule has 5 nitrogen and oxygen atoms in total. The molecule has 0 aliphatic rings. The summed E-state index contributed by atoms with van der Waals surface area (Å²) in [6, 6.07) is 12.9. The first-order valence-electron chi connectivity index (χ1n) is 9.44. The maximum atomic E-state index is 12.7. The van der Waals surface area contributed by atoms with Crippen molar-refractivity contribution in [1.82, 2.24) is 0 Å². The Labute approximate surface area is 184 Å². The highest BCUT2D eigenvalue weighted by atomic mass is 35.5. The van der Waals surface area contributed by atoms with Crippen molar-refractivity contribution in [3.8, 4) is 16.9 Å². The molecule has 0 saturated carbocycles. The number of hydrogen-bond acceptors (Lipinski definition) is 5. The minimum Gasteiger partial charge on any atom is -0.482 e. The smallest absolute Gasteiger partial charge is 0.341 e. The molecule has 1 N–H and O–H groups in total. The average Bonchev–Trinajstić information content (AvgIpc) is 3.13. The zero-order valence-electron chi connectivity index (χ0n) is 17.0. The number of benzene rings is 2. The Morgan fingerprint density at radius 1 is 1.10 bits per heavy atom. The minimum atomic E-state index is -0.477. The number of thiophene rings is 1. The fourth-order valence-electron chi connectivity index (χ4n) is 2.85. The Kier molecular flexibility index (Phi) is 7.13. The average molecular weight is 444 g/mol. The summed E-state index contributed by atoms with van der Waals surface area (Å²) in [6.07, 6.45) is 0. The van der Waals surface area contributed by atoms with Crippen molar-refractivity contribution < 1.29 is 19.1 Å². The van der Waals surface area contributed by atoms with Gasteiger partial charge in [0.25, 0.3) is 5.91 Å². The summed E-state index contributed by atoms with van der Waals surface area (Å²) < 4.78 is 10.7.